The van der Waals surface area contributed by atoms with E-state index in [1.54, 1.807) is 24.4 Å². The molecule has 198 valence electrons. The molecule has 2 aliphatic heterocycles. The Hall–Kier alpha value is -3.41. The van der Waals surface area contributed by atoms with E-state index in [-0.39, 0.29) is 21.3 Å². The van der Waals surface area contributed by atoms with Crippen LogP contribution < -0.4 is 10.6 Å². The van der Waals surface area contributed by atoms with Gasteiger partial charge in [0.15, 0.2) is 0 Å². The molecule has 0 unspecified atom stereocenters. The highest BCUT2D eigenvalue weighted by molar-refractivity contribution is 6.38. The van der Waals surface area contributed by atoms with E-state index >= 15 is 0 Å². The van der Waals surface area contributed by atoms with Gasteiger partial charge in [0, 0.05) is 40.3 Å². The van der Waals surface area contributed by atoms with Gasteiger partial charge in [0.1, 0.15) is 11.9 Å². The van der Waals surface area contributed by atoms with Crippen LogP contribution in [0, 0.1) is 5.92 Å². The van der Waals surface area contributed by atoms with E-state index < -0.39 is 60.6 Å². The predicted molar refractivity (Wildman–Crippen MR) is 136 cm³/mol. The zero-order valence-corrected chi connectivity index (χ0v) is 21.4. The van der Waals surface area contributed by atoms with Gasteiger partial charge in [-0.05, 0) is 30.3 Å². The summed E-state index contributed by atoms with van der Waals surface area (Å²) in [7, 11) is 0. The van der Waals surface area contributed by atoms with E-state index in [0.29, 0.717) is 16.6 Å². The molecule has 3 heterocycles. The maximum atomic E-state index is 15.0. The number of carboxylic acids is 1. The number of nitrogens with zero attached hydrogens (tertiary/aromatic N) is 3. The number of fused-ring (bicyclic) bond motifs is 2. The Labute approximate surface area is 225 Å². The first-order valence-electron chi connectivity index (χ1n) is 11.6. The number of amides is 2. The molecule has 0 aliphatic carbocycles. The lowest BCUT2D eigenvalue weighted by atomic mass is 9.83. The largest absolute Gasteiger partial charge is 0.481 e. The Balaban J connectivity index is 1.53. The third-order valence-corrected chi connectivity index (χ3v) is 7.60. The number of aromatic nitrogens is 2. The molecule has 1 saturated heterocycles. The minimum absolute atomic E-state index is 0.0432. The summed E-state index contributed by atoms with van der Waals surface area (Å²) >= 11 is 12.4. The van der Waals surface area contributed by atoms with Gasteiger partial charge in [-0.3, -0.25) is 19.3 Å². The standard InChI is InChI=1S/C25H21Cl2F2N5O4/c1-12(22(37)32-15-2-3-18-13(4-15)9-30-11-31-18)19-7-24(28,29)10-34(19)25(8-20(35)36)16-5-14(26)6-17(27)21(16)33-23(25)38/h2-6,9,11-12,19H,7-8,10H2,1H3,(H,32,37)(H,33,38)(H,35,36)/t12-,19-,25-/m1/s1. The van der Waals surface area contributed by atoms with E-state index in [2.05, 4.69) is 20.6 Å². The van der Waals surface area contributed by atoms with Gasteiger partial charge in [-0.15, -0.1) is 0 Å². The number of likely N-dealkylation sites (tertiary alicyclic amines) is 1. The number of carbonyl (C=O) groups excluding carboxylic acids is 2. The Morgan fingerprint density at radius 1 is 1.29 bits per heavy atom. The van der Waals surface area contributed by atoms with Crippen LogP contribution in [0.25, 0.3) is 10.9 Å². The van der Waals surface area contributed by atoms with E-state index in [0.717, 1.165) is 4.90 Å². The van der Waals surface area contributed by atoms with Crippen LogP contribution >= 0.6 is 23.2 Å². The van der Waals surface area contributed by atoms with Crippen molar-refractivity contribution in [3.05, 3.63) is 58.5 Å². The Morgan fingerprint density at radius 2 is 2.05 bits per heavy atom. The number of benzene rings is 2. The Morgan fingerprint density at radius 3 is 2.79 bits per heavy atom. The monoisotopic (exact) mass is 563 g/mol. The summed E-state index contributed by atoms with van der Waals surface area (Å²) in [4.78, 5) is 47.9. The molecule has 2 aromatic carbocycles. The normalized spacial score (nSPS) is 23.2. The summed E-state index contributed by atoms with van der Waals surface area (Å²) in [6.07, 6.45) is 1.37. The highest BCUT2D eigenvalue weighted by atomic mass is 35.5. The number of hydrogen-bond acceptors (Lipinski definition) is 6. The molecule has 1 aromatic heterocycles. The first-order valence-corrected chi connectivity index (χ1v) is 12.3. The second kappa shape index (κ2) is 9.40. The minimum atomic E-state index is -3.30. The van der Waals surface area contributed by atoms with Gasteiger partial charge in [-0.1, -0.05) is 30.1 Å². The number of halogens is 4. The maximum absolute atomic E-state index is 15.0. The van der Waals surface area contributed by atoms with Gasteiger partial charge in [-0.25, -0.2) is 18.7 Å². The van der Waals surface area contributed by atoms with Gasteiger partial charge in [0.2, 0.25) is 11.8 Å². The molecular weight excluding hydrogens is 543 g/mol. The quantitative estimate of drug-likeness (QED) is 0.402. The van der Waals surface area contributed by atoms with Crippen LogP contribution in [0.2, 0.25) is 10.0 Å². The molecule has 38 heavy (non-hydrogen) atoms. The Bertz CT molecular complexity index is 1490. The van der Waals surface area contributed by atoms with Gasteiger partial charge in [-0.2, -0.15) is 0 Å². The molecule has 1 fully saturated rings. The van der Waals surface area contributed by atoms with E-state index in [4.69, 9.17) is 23.2 Å². The van der Waals surface area contributed by atoms with Crippen LogP contribution in [-0.2, 0) is 19.9 Å². The number of hydrogen-bond donors (Lipinski definition) is 3. The zero-order valence-electron chi connectivity index (χ0n) is 19.8. The second-order valence-electron chi connectivity index (χ2n) is 9.52. The zero-order chi connectivity index (χ0) is 27.4. The highest BCUT2D eigenvalue weighted by Crippen LogP contribution is 2.52. The Kier molecular flexibility index (Phi) is 6.49. The lowest BCUT2D eigenvalue weighted by Gasteiger charge is -2.41. The fourth-order valence-corrected chi connectivity index (χ4v) is 5.89. The average molecular weight is 564 g/mol. The van der Waals surface area contributed by atoms with E-state index in [9.17, 15) is 28.3 Å². The lowest BCUT2D eigenvalue weighted by Crippen LogP contribution is -2.57. The van der Waals surface area contributed by atoms with Crippen LogP contribution in [0.1, 0.15) is 25.3 Å². The van der Waals surface area contributed by atoms with Crippen molar-refractivity contribution in [1.82, 2.24) is 14.9 Å². The van der Waals surface area contributed by atoms with Gasteiger partial charge in [0.25, 0.3) is 5.92 Å². The van der Waals surface area contributed by atoms with Crippen LogP contribution in [0.5, 0.6) is 0 Å². The predicted octanol–water partition coefficient (Wildman–Crippen LogP) is 4.54. The third-order valence-electron chi connectivity index (χ3n) is 7.08. The number of carboxylic acid groups (broad SMARTS) is 1. The minimum Gasteiger partial charge on any atom is -0.481 e. The summed E-state index contributed by atoms with van der Waals surface area (Å²) < 4.78 is 29.9. The second-order valence-corrected chi connectivity index (χ2v) is 10.4. The molecule has 9 nitrogen and oxygen atoms in total. The van der Waals surface area contributed by atoms with Crippen molar-refractivity contribution >= 4 is 63.3 Å². The number of carbonyl (C=O) groups is 3. The molecule has 3 atom stereocenters. The maximum Gasteiger partial charge on any atom is 0.306 e. The van der Waals surface area contributed by atoms with Crippen molar-refractivity contribution in [3.8, 4) is 0 Å². The summed E-state index contributed by atoms with van der Waals surface area (Å²) in [5, 5.41) is 15.9. The molecule has 2 amide bonds. The molecule has 0 radical (unpaired) electrons. The smallest absolute Gasteiger partial charge is 0.306 e. The molecule has 3 aromatic rings. The summed E-state index contributed by atoms with van der Waals surface area (Å²) in [6.45, 7) is 0.526. The van der Waals surface area contributed by atoms with Crippen LogP contribution in [0.15, 0.2) is 42.9 Å². The topological polar surface area (TPSA) is 125 Å². The number of anilines is 2. The molecule has 13 heteroatoms. The SMILES string of the molecule is C[C@@H](C(=O)Nc1ccc2ncncc2c1)[C@H]1CC(F)(F)CN1[C@@]1(CC(=O)O)C(=O)Nc2c(Cl)cc(Cl)cc21. The van der Waals surface area contributed by atoms with Gasteiger partial charge in [0.05, 0.1) is 35.1 Å². The van der Waals surface area contributed by atoms with Crippen LogP contribution in [0.3, 0.4) is 0 Å². The molecule has 0 bridgehead atoms. The number of alkyl halides is 2. The first kappa shape index (κ1) is 26.2. The highest BCUT2D eigenvalue weighted by Gasteiger charge is 2.62. The molecule has 3 N–H and O–H groups in total. The summed E-state index contributed by atoms with van der Waals surface area (Å²) in [5.41, 5.74) is -0.816. The van der Waals surface area contributed by atoms with Gasteiger partial charge >= 0.3 is 5.97 Å². The van der Waals surface area contributed by atoms with Crippen molar-refractivity contribution in [2.45, 2.75) is 37.3 Å². The van der Waals surface area contributed by atoms with Gasteiger partial charge < -0.3 is 15.7 Å². The fourth-order valence-electron chi connectivity index (χ4n) is 5.35. The van der Waals surface area contributed by atoms with E-state index in [1.165, 1.54) is 25.4 Å². The van der Waals surface area contributed by atoms with Crippen LogP contribution in [0.4, 0.5) is 20.2 Å². The van der Waals surface area contributed by atoms with Crippen molar-refractivity contribution < 1.29 is 28.3 Å². The number of aliphatic carboxylic acids is 1. The molecule has 0 spiro atoms. The first-order chi connectivity index (χ1) is 17.9. The van der Waals surface area contributed by atoms with Crippen LogP contribution in [-0.4, -0.2) is 56.3 Å². The molecule has 2 aliphatic rings. The number of nitrogens with one attached hydrogen (secondary N) is 2. The van der Waals surface area contributed by atoms with E-state index in [1.807, 2.05) is 0 Å². The third kappa shape index (κ3) is 4.44. The average Bonchev–Trinajstić information content (AvgIpc) is 3.32. The van der Waals surface area contributed by atoms with Crippen molar-refractivity contribution in [1.29, 1.82) is 0 Å². The number of rotatable bonds is 6. The lowest BCUT2D eigenvalue weighted by molar-refractivity contribution is -0.147. The molecule has 5 rings (SSSR count). The van der Waals surface area contributed by atoms with Crippen molar-refractivity contribution in [3.63, 3.8) is 0 Å². The van der Waals surface area contributed by atoms with Crippen molar-refractivity contribution in [2.24, 2.45) is 5.92 Å². The molecule has 0 saturated carbocycles. The summed E-state index contributed by atoms with van der Waals surface area (Å²) in [5.74, 6) is -7.17. The fraction of sp³-hybridized carbons (Fsp3) is 0.320. The van der Waals surface area contributed by atoms with Crippen molar-refractivity contribution in [2.75, 3.05) is 17.2 Å². The summed E-state index contributed by atoms with van der Waals surface area (Å²) in [6, 6.07) is 6.47. The molecular formula is C25H21Cl2F2N5O4.